The number of rotatable bonds is 1. The fraction of sp³-hybridized carbons (Fsp3) is 0.250. The summed E-state index contributed by atoms with van der Waals surface area (Å²) >= 11 is 0. The molecule has 0 radical (unpaired) electrons. The first-order valence-electron chi connectivity index (χ1n) is 5.38. The van der Waals surface area contributed by atoms with Crippen molar-refractivity contribution < 1.29 is 14.6 Å². The average molecular weight is 233 g/mol. The Balaban J connectivity index is 2.40. The van der Waals surface area contributed by atoms with E-state index in [2.05, 4.69) is 4.98 Å². The first kappa shape index (κ1) is 10.0. The number of pyridine rings is 1. The monoisotopic (exact) mass is 233 g/mol. The lowest BCUT2D eigenvalue weighted by atomic mass is 10.1. The van der Waals surface area contributed by atoms with Gasteiger partial charge in [0.25, 0.3) is 5.56 Å². The van der Waals surface area contributed by atoms with E-state index < -0.39 is 0 Å². The van der Waals surface area contributed by atoms with Crippen molar-refractivity contribution in [2.75, 3.05) is 6.79 Å². The molecule has 1 aromatic carbocycles. The molecule has 0 aliphatic carbocycles. The summed E-state index contributed by atoms with van der Waals surface area (Å²) in [5.74, 6) is 1.18. The van der Waals surface area contributed by atoms with Crippen molar-refractivity contribution in [1.82, 2.24) is 4.98 Å². The van der Waals surface area contributed by atoms with Gasteiger partial charge in [-0.25, -0.2) is 0 Å². The molecule has 88 valence electrons. The predicted molar refractivity (Wildman–Crippen MR) is 61.7 cm³/mol. The molecule has 0 atom stereocenters. The van der Waals surface area contributed by atoms with E-state index in [9.17, 15) is 9.90 Å². The maximum Gasteiger partial charge on any atom is 0.255 e. The van der Waals surface area contributed by atoms with Crippen LogP contribution in [0.15, 0.2) is 16.9 Å². The van der Waals surface area contributed by atoms with E-state index in [0.717, 1.165) is 0 Å². The van der Waals surface area contributed by atoms with Gasteiger partial charge >= 0.3 is 0 Å². The first-order chi connectivity index (χ1) is 8.20. The Morgan fingerprint density at radius 2 is 2.06 bits per heavy atom. The van der Waals surface area contributed by atoms with Crippen LogP contribution in [-0.2, 0) is 6.42 Å². The van der Waals surface area contributed by atoms with Crippen molar-refractivity contribution in [3.05, 3.63) is 28.0 Å². The Bertz CT molecular complexity index is 660. The molecule has 2 heterocycles. The Labute approximate surface area is 96.6 Å². The van der Waals surface area contributed by atoms with Gasteiger partial charge < -0.3 is 19.6 Å². The van der Waals surface area contributed by atoms with Crippen LogP contribution in [-0.4, -0.2) is 16.9 Å². The van der Waals surface area contributed by atoms with Gasteiger partial charge in [-0.05, 0) is 12.5 Å². The summed E-state index contributed by atoms with van der Waals surface area (Å²) in [6.45, 7) is 1.99. The minimum absolute atomic E-state index is 0.0181. The highest BCUT2D eigenvalue weighted by Crippen LogP contribution is 2.38. The van der Waals surface area contributed by atoms with Gasteiger partial charge in [0.2, 0.25) is 6.79 Å². The van der Waals surface area contributed by atoms with E-state index in [-0.39, 0.29) is 18.1 Å². The molecule has 0 saturated heterocycles. The zero-order valence-corrected chi connectivity index (χ0v) is 9.24. The number of ether oxygens (including phenoxy) is 2. The highest BCUT2D eigenvalue weighted by molar-refractivity contribution is 5.89. The number of aromatic nitrogens is 1. The number of fused-ring (bicyclic) bond motifs is 2. The molecule has 1 aliphatic rings. The largest absolute Gasteiger partial charge is 0.507 e. The van der Waals surface area contributed by atoms with Gasteiger partial charge in [-0.3, -0.25) is 4.79 Å². The van der Waals surface area contributed by atoms with Crippen molar-refractivity contribution >= 4 is 10.9 Å². The van der Waals surface area contributed by atoms with E-state index in [0.29, 0.717) is 34.4 Å². The molecule has 17 heavy (non-hydrogen) atoms. The van der Waals surface area contributed by atoms with Crippen LogP contribution >= 0.6 is 0 Å². The standard InChI is InChI=1S/C12H11NO4/c1-2-6-11(14)7-3-9-10(17-5-16-9)4-8(7)13-12(6)15/h3-4H,2,5H2,1H3,(H2,13,14,15). The van der Waals surface area contributed by atoms with E-state index in [4.69, 9.17) is 9.47 Å². The zero-order chi connectivity index (χ0) is 12.0. The van der Waals surface area contributed by atoms with Crippen molar-refractivity contribution in [3.63, 3.8) is 0 Å². The smallest absolute Gasteiger partial charge is 0.255 e. The van der Waals surface area contributed by atoms with Gasteiger partial charge in [0.1, 0.15) is 5.75 Å². The Morgan fingerprint density at radius 1 is 1.35 bits per heavy atom. The second-order valence-corrected chi connectivity index (χ2v) is 3.89. The maximum absolute atomic E-state index is 11.7. The molecule has 3 rings (SSSR count). The molecule has 0 saturated carbocycles. The molecule has 2 aromatic rings. The van der Waals surface area contributed by atoms with Crippen LogP contribution in [0, 0.1) is 0 Å². The zero-order valence-electron chi connectivity index (χ0n) is 9.24. The lowest BCUT2D eigenvalue weighted by Gasteiger charge is -2.06. The Kier molecular flexibility index (Phi) is 2.01. The lowest BCUT2D eigenvalue weighted by Crippen LogP contribution is -2.11. The van der Waals surface area contributed by atoms with Crippen molar-refractivity contribution in [2.45, 2.75) is 13.3 Å². The molecular formula is C12H11NO4. The normalized spacial score (nSPS) is 13.2. The molecule has 0 unspecified atom stereocenters. The summed E-state index contributed by atoms with van der Waals surface area (Å²) in [6, 6.07) is 3.35. The second-order valence-electron chi connectivity index (χ2n) is 3.89. The van der Waals surface area contributed by atoms with Crippen LogP contribution in [0.2, 0.25) is 0 Å². The highest BCUT2D eigenvalue weighted by atomic mass is 16.7. The first-order valence-corrected chi connectivity index (χ1v) is 5.38. The number of hydrogen-bond acceptors (Lipinski definition) is 4. The van der Waals surface area contributed by atoms with Crippen LogP contribution in [0.5, 0.6) is 17.2 Å². The number of nitrogens with one attached hydrogen (secondary N) is 1. The van der Waals surface area contributed by atoms with Crippen LogP contribution in [0.3, 0.4) is 0 Å². The van der Waals surface area contributed by atoms with Gasteiger partial charge in [0.15, 0.2) is 11.5 Å². The lowest BCUT2D eigenvalue weighted by molar-refractivity contribution is 0.174. The van der Waals surface area contributed by atoms with Crippen LogP contribution in [0.4, 0.5) is 0 Å². The van der Waals surface area contributed by atoms with Gasteiger partial charge in [-0.2, -0.15) is 0 Å². The summed E-state index contributed by atoms with van der Waals surface area (Å²) in [5.41, 5.74) is 0.668. The molecule has 0 bridgehead atoms. The Hall–Kier alpha value is -2.17. The number of benzene rings is 1. The molecule has 0 spiro atoms. The summed E-state index contributed by atoms with van der Waals surface area (Å²) in [5, 5.41) is 10.6. The summed E-state index contributed by atoms with van der Waals surface area (Å²) in [6.07, 6.45) is 0.478. The third-order valence-electron chi connectivity index (χ3n) is 2.93. The van der Waals surface area contributed by atoms with Crippen LogP contribution in [0.25, 0.3) is 10.9 Å². The number of hydrogen-bond donors (Lipinski definition) is 2. The van der Waals surface area contributed by atoms with Gasteiger partial charge in [0, 0.05) is 11.5 Å². The van der Waals surface area contributed by atoms with Crippen LogP contribution in [0.1, 0.15) is 12.5 Å². The van der Waals surface area contributed by atoms with Crippen LogP contribution < -0.4 is 15.0 Å². The third kappa shape index (κ3) is 1.35. The summed E-state index contributed by atoms with van der Waals surface area (Å²) in [7, 11) is 0. The fourth-order valence-electron chi connectivity index (χ4n) is 2.04. The highest BCUT2D eigenvalue weighted by Gasteiger charge is 2.18. The molecule has 5 nitrogen and oxygen atoms in total. The molecule has 1 aromatic heterocycles. The van der Waals surface area contributed by atoms with E-state index in [1.807, 2.05) is 6.92 Å². The number of aromatic hydroxyl groups is 1. The molecule has 1 aliphatic heterocycles. The number of aromatic amines is 1. The van der Waals surface area contributed by atoms with Gasteiger partial charge in [0.05, 0.1) is 11.1 Å². The summed E-state index contributed by atoms with van der Waals surface area (Å²) in [4.78, 5) is 14.4. The second kappa shape index (κ2) is 3.41. The third-order valence-corrected chi connectivity index (χ3v) is 2.93. The quantitative estimate of drug-likeness (QED) is 0.783. The predicted octanol–water partition coefficient (Wildman–Crippen LogP) is 1.52. The molecule has 0 amide bonds. The van der Waals surface area contributed by atoms with Gasteiger partial charge in [-0.15, -0.1) is 0 Å². The van der Waals surface area contributed by atoms with Gasteiger partial charge in [-0.1, -0.05) is 6.92 Å². The van der Waals surface area contributed by atoms with Crippen molar-refractivity contribution in [2.24, 2.45) is 0 Å². The maximum atomic E-state index is 11.7. The minimum atomic E-state index is -0.267. The van der Waals surface area contributed by atoms with E-state index >= 15 is 0 Å². The van der Waals surface area contributed by atoms with E-state index in [1.165, 1.54) is 0 Å². The SMILES string of the molecule is CCc1c(O)c2cc3c(cc2[nH]c1=O)OCO3. The Morgan fingerprint density at radius 3 is 2.76 bits per heavy atom. The van der Waals surface area contributed by atoms with E-state index in [1.54, 1.807) is 12.1 Å². The minimum Gasteiger partial charge on any atom is -0.507 e. The summed E-state index contributed by atoms with van der Waals surface area (Å²) < 4.78 is 10.5. The molecule has 0 fully saturated rings. The fourth-order valence-corrected chi connectivity index (χ4v) is 2.04. The molecular weight excluding hydrogens is 222 g/mol. The molecule has 5 heteroatoms. The van der Waals surface area contributed by atoms with Crippen molar-refractivity contribution in [3.8, 4) is 17.2 Å². The average Bonchev–Trinajstić information content (AvgIpc) is 2.74. The number of H-pyrrole nitrogens is 1. The van der Waals surface area contributed by atoms with Crippen molar-refractivity contribution in [1.29, 1.82) is 0 Å². The topological polar surface area (TPSA) is 71.5 Å². The molecule has 2 N–H and O–H groups in total.